The van der Waals surface area contributed by atoms with Crippen molar-refractivity contribution < 1.29 is 9.15 Å². The smallest absolute Gasteiger partial charge is 0.206 e. The molecule has 2 aromatic heterocycles. The van der Waals surface area contributed by atoms with Gasteiger partial charge in [-0.05, 0) is 44.0 Å². The number of aromatic nitrogens is 1. The molecule has 4 rings (SSSR count). The monoisotopic (exact) mass is 401 g/mol. The van der Waals surface area contributed by atoms with E-state index in [-0.39, 0.29) is 6.10 Å². The molecule has 0 saturated carbocycles. The van der Waals surface area contributed by atoms with Crippen LogP contribution in [-0.2, 0) is 4.74 Å². The van der Waals surface area contributed by atoms with Crippen molar-refractivity contribution in [1.29, 1.82) is 0 Å². The minimum atomic E-state index is 0.205. The maximum absolute atomic E-state index is 6.03. The molecule has 0 unspecified atom stereocenters. The highest BCUT2D eigenvalue weighted by molar-refractivity contribution is 7.07. The molecule has 1 atom stereocenters. The fourth-order valence-electron chi connectivity index (χ4n) is 2.94. The Morgan fingerprint density at radius 2 is 2.11 bits per heavy atom. The summed E-state index contributed by atoms with van der Waals surface area (Å²) in [5.41, 5.74) is 1.99. The minimum Gasteiger partial charge on any atom is -0.460 e. The van der Waals surface area contributed by atoms with Crippen LogP contribution < -0.4 is 4.80 Å². The van der Waals surface area contributed by atoms with Gasteiger partial charge in [0.25, 0.3) is 0 Å². The lowest BCUT2D eigenvalue weighted by Crippen LogP contribution is -2.17. The highest BCUT2D eigenvalue weighted by Gasteiger charge is 2.15. The van der Waals surface area contributed by atoms with E-state index in [9.17, 15) is 0 Å². The average molecular weight is 402 g/mol. The Morgan fingerprint density at radius 1 is 1.26 bits per heavy atom. The van der Waals surface area contributed by atoms with Gasteiger partial charge in [-0.2, -0.15) is 5.10 Å². The van der Waals surface area contributed by atoms with Crippen LogP contribution in [0.3, 0.4) is 0 Å². The average Bonchev–Trinajstić information content (AvgIpc) is 3.40. The van der Waals surface area contributed by atoms with Crippen LogP contribution in [0.4, 0.5) is 0 Å². The largest absolute Gasteiger partial charge is 0.460 e. The summed E-state index contributed by atoms with van der Waals surface area (Å²) in [6.45, 7) is 3.39. The fraction of sp³-hybridized carbons (Fsp3) is 0.300. The first kappa shape index (κ1) is 18.2. The lowest BCUT2D eigenvalue weighted by molar-refractivity contribution is 0.117. The van der Waals surface area contributed by atoms with Gasteiger partial charge in [0.15, 0.2) is 0 Å². The molecule has 0 bridgehead atoms. The number of nitrogens with zero attached hydrogens (tertiary/aromatic N) is 3. The van der Waals surface area contributed by atoms with E-state index in [1.165, 1.54) is 0 Å². The van der Waals surface area contributed by atoms with Gasteiger partial charge in [-0.15, -0.1) is 11.3 Å². The molecule has 1 fully saturated rings. The van der Waals surface area contributed by atoms with Crippen molar-refractivity contribution in [2.75, 3.05) is 13.2 Å². The molecule has 3 aromatic rings. The first-order valence-corrected chi connectivity index (χ1v) is 10.1. The zero-order chi connectivity index (χ0) is 18.6. The van der Waals surface area contributed by atoms with Gasteiger partial charge in [-0.25, -0.2) is 4.68 Å². The molecule has 1 aliphatic heterocycles. The SMILES string of the molecule is Cc1ccc(/C=N\n2c(-c3ccc(Cl)cc3)csc2=NC[C@H]2CCCO2)o1. The summed E-state index contributed by atoms with van der Waals surface area (Å²) in [5.74, 6) is 1.56. The number of halogens is 1. The van der Waals surface area contributed by atoms with Crippen LogP contribution in [0.1, 0.15) is 24.4 Å². The Bertz CT molecular complexity index is 995. The summed E-state index contributed by atoms with van der Waals surface area (Å²) in [6.07, 6.45) is 4.09. The summed E-state index contributed by atoms with van der Waals surface area (Å²) in [5, 5.41) is 7.40. The van der Waals surface area contributed by atoms with Gasteiger partial charge in [0.05, 0.1) is 24.6 Å². The number of benzene rings is 1. The molecule has 0 radical (unpaired) electrons. The van der Waals surface area contributed by atoms with Crippen molar-refractivity contribution in [2.24, 2.45) is 10.1 Å². The highest BCUT2D eigenvalue weighted by Crippen LogP contribution is 2.22. The Kier molecular flexibility index (Phi) is 5.57. The standard InChI is InChI=1S/C20H20ClN3O2S/c1-14-4-9-18(26-14)12-23-24-19(15-5-7-16(21)8-6-15)13-27-20(24)22-11-17-3-2-10-25-17/h4-9,12-13,17H,2-3,10-11H2,1H3/b22-20?,23-12-/t17-/m1/s1. The second-order valence-corrected chi connectivity index (χ2v) is 7.66. The lowest BCUT2D eigenvalue weighted by Gasteiger charge is -2.05. The second kappa shape index (κ2) is 8.25. The van der Waals surface area contributed by atoms with E-state index in [0.29, 0.717) is 17.3 Å². The van der Waals surface area contributed by atoms with E-state index in [4.69, 9.17) is 25.7 Å². The topological polar surface area (TPSA) is 52.0 Å². The summed E-state index contributed by atoms with van der Waals surface area (Å²) in [4.78, 5) is 5.58. The molecule has 27 heavy (non-hydrogen) atoms. The summed E-state index contributed by atoms with van der Waals surface area (Å²) < 4.78 is 13.1. The third kappa shape index (κ3) is 4.40. The number of hydrogen-bond acceptors (Lipinski definition) is 5. The predicted molar refractivity (Wildman–Crippen MR) is 109 cm³/mol. The molecule has 3 heterocycles. The van der Waals surface area contributed by atoms with Crippen LogP contribution in [0.15, 0.2) is 56.3 Å². The first-order valence-electron chi connectivity index (χ1n) is 8.88. The second-order valence-electron chi connectivity index (χ2n) is 6.39. The van der Waals surface area contributed by atoms with Gasteiger partial charge < -0.3 is 9.15 Å². The predicted octanol–water partition coefficient (Wildman–Crippen LogP) is 4.73. The normalized spacial score (nSPS) is 18.0. The minimum absolute atomic E-state index is 0.205. The van der Waals surface area contributed by atoms with Crippen molar-refractivity contribution in [1.82, 2.24) is 4.68 Å². The van der Waals surface area contributed by atoms with E-state index in [1.54, 1.807) is 17.6 Å². The quantitative estimate of drug-likeness (QED) is 0.580. The molecule has 0 spiro atoms. The fourth-order valence-corrected chi connectivity index (χ4v) is 3.92. The van der Waals surface area contributed by atoms with Gasteiger partial charge in [-0.3, -0.25) is 4.99 Å². The third-order valence-corrected chi connectivity index (χ3v) is 5.45. The molecule has 140 valence electrons. The van der Waals surface area contributed by atoms with E-state index in [1.807, 2.05) is 48.0 Å². The van der Waals surface area contributed by atoms with Crippen LogP contribution in [0.5, 0.6) is 0 Å². The lowest BCUT2D eigenvalue weighted by atomic mass is 10.2. The summed E-state index contributed by atoms with van der Waals surface area (Å²) >= 11 is 7.59. The summed E-state index contributed by atoms with van der Waals surface area (Å²) in [7, 11) is 0. The zero-order valence-electron chi connectivity index (χ0n) is 15.0. The van der Waals surface area contributed by atoms with E-state index >= 15 is 0 Å². The highest BCUT2D eigenvalue weighted by atomic mass is 35.5. The Balaban J connectivity index is 1.71. The van der Waals surface area contributed by atoms with Gasteiger partial charge in [0.1, 0.15) is 11.5 Å². The molecule has 0 aliphatic carbocycles. The van der Waals surface area contributed by atoms with E-state index in [2.05, 4.69) is 10.5 Å². The van der Waals surface area contributed by atoms with Crippen molar-refractivity contribution in [2.45, 2.75) is 25.9 Å². The van der Waals surface area contributed by atoms with Crippen LogP contribution in [0.25, 0.3) is 11.3 Å². The molecule has 1 aromatic carbocycles. The maximum Gasteiger partial charge on any atom is 0.206 e. The van der Waals surface area contributed by atoms with Crippen LogP contribution >= 0.6 is 22.9 Å². The molecular weight excluding hydrogens is 382 g/mol. The molecule has 5 nitrogen and oxygen atoms in total. The Hall–Kier alpha value is -2.15. The zero-order valence-corrected chi connectivity index (χ0v) is 16.5. The van der Waals surface area contributed by atoms with Crippen LogP contribution in [0.2, 0.25) is 5.02 Å². The van der Waals surface area contributed by atoms with Crippen LogP contribution in [-0.4, -0.2) is 30.1 Å². The van der Waals surface area contributed by atoms with Crippen molar-refractivity contribution >= 4 is 29.2 Å². The van der Waals surface area contributed by atoms with Gasteiger partial charge in [-0.1, -0.05) is 23.7 Å². The molecular formula is C20H20ClN3O2S. The number of furan rings is 1. The molecule has 7 heteroatoms. The van der Waals surface area contributed by atoms with Crippen molar-refractivity contribution in [3.63, 3.8) is 0 Å². The van der Waals surface area contributed by atoms with Crippen molar-refractivity contribution in [3.8, 4) is 11.3 Å². The maximum atomic E-state index is 6.03. The molecule has 0 amide bonds. The van der Waals surface area contributed by atoms with Gasteiger partial charge in [0, 0.05) is 22.6 Å². The number of thiazole rings is 1. The van der Waals surface area contributed by atoms with Gasteiger partial charge >= 0.3 is 0 Å². The van der Waals surface area contributed by atoms with E-state index < -0.39 is 0 Å². The number of hydrogen-bond donors (Lipinski definition) is 0. The van der Waals surface area contributed by atoms with Crippen molar-refractivity contribution in [3.05, 3.63) is 63.1 Å². The van der Waals surface area contributed by atoms with Gasteiger partial charge in [0.2, 0.25) is 4.80 Å². The third-order valence-electron chi connectivity index (χ3n) is 4.34. The number of rotatable bonds is 5. The molecule has 1 saturated heterocycles. The number of ether oxygens (including phenoxy) is 1. The Morgan fingerprint density at radius 3 is 2.81 bits per heavy atom. The summed E-state index contributed by atoms with van der Waals surface area (Å²) in [6, 6.07) is 11.5. The van der Waals surface area contributed by atoms with E-state index in [0.717, 1.165) is 41.3 Å². The van der Waals surface area contributed by atoms with Crippen LogP contribution in [0, 0.1) is 6.92 Å². The molecule has 0 N–H and O–H groups in total. The molecule has 1 aliphatic rings. The Labute approximate surface area is 166 Å². The first-order chi connectivity index (χ1) is 13.2. The number of aryl methyl sites for hydroxylation is 1.